The highest BCUT2D eigenvalue weighted by Crippen LogP contribution is 2.20. The van der Waals surface area contributed by atoms with E-state index < -0.39 is 0 Å². The van der Waals surface area contributed by atoms with Crippen molar-refractivity contribution in [2.45, 2.75) is 12.3 Å². The van der Waals surface area contributed by atoms with Crippen LogP contribution in [-0.2, 0) is 0 Å². The van der Waals surface area contributed by atoms with E-state index in [9.17, 15) is 4.79 Å². The fraction of sp³-hybridized carbons (Fsp3) is 0.118. The number of fused-ring (bicyclic) bond motifs is 1. The van der Waals surface area contributed by atoms with E-state index in [-0.39, 0.29) is 16.9 Å². The van der Waals surface area contributed by atoms with E-state index in [0.29, 0.717) is 11.1 Å². The Morgan fingerprint density at radius 2 is 1.86 bits per heavy atom. The van der Waals surface area contributed by atoms with Crippen molar-refractivity contribution in [3.63, 3.8) is 0 Å². The Bertz CT molecular complexity index is 732. The van der Waals surface area contributed by atoms with Crippen molar-refractivity contribution >= 4 is 28.2 Å². The lowest BCUT2D eigenvalue weighted by Gasteiger charge is -2.09. The summed E-state index contributed by atoms with van der Waals surface area (Å²) in [5, 5.41) is 1.76. The molecule has 0 aliphatic carbocycles. The molecule has 0 aliphatic rings. The predicted octanol–water partition coefficient (Wildman–Crippen LogP) is 3.33. The SMILES string of the molecule is CC(Cl)/C=C(C(=O)c1ccc2ccccc2c1)\C(N)=C/N. The fourth-order valence-electron chi connectivity index (χ4n) is 2.11. The van der Waals surface area contributed by atoms with E-state index in [0.717, 1.165) is 10.8 Å². The first-order valence-electron chi connectivity index (χ1n) is 6.60. The van der Waals surface area contributed by atoms with Crippen LogP contribution in [-0.4, -0.2) is 11.2 Å². The highest BCUT2D eigenvalue weighted by atomic mass is 35.5. The molecule has 0 saturated heterocycles. The summed E-state index contributed by atoms with van der Waals surface area (Å²) in [6.07, 6.45) is 2.82. The van der Waals surface area contributed by atoms with Crippen LogP contribution < -0.4 is 11.5 Å². The minimum absolute atomic E-state index is 0.188. The molecule has 2 aromatic carbocycles. The van der Waals surface area contributed by atoms with E-state index in [2.05, 4.69) is 0 Å². The average molecular weight is 301 g/mol. The third kappa shape index (κ3) is 3.44. The molecule has 1 atom stereocenters. The van der Waals surface area contributed by atoms with Crippen LogP contribution in [0.3, 0.4) is 0 Å². The van der Waals surface area contributed by atoms with Gasteiger partial charge in [-0.15, -0.1) is 11.6 Å². The Balaban J connectivity index is 2.48. The lowest BCUT2D eigenvalue weighted by Crippen LogP contribution is -2.14. The Hall–Kier alpha value is -2.26. The van der Waals surface area contributed by atoms with Crippen molar-refractivity contribution in [1.29, 1.82) is 0 Å². The van der Waals surface area contributed by atoms with Crippen molar-refractivity contribution in [2.75, 3.05) is 0 Å². The number of Topliss-reactive ketones (excluding diaryl/α,β-unsaturated/α-hetero) is 1. The first-order chi connectivity index (χ1) is 10.0. The molecule has 0 heterocycles. The minimum atomic E-state index is -0.317. The second kappa shape index (κ2) is 6.46. The highest BCUT2D eigenvalue weighted by Gasteiger charge is 2.15. The monoisotopic (exact) mass is 300 g/mol. The van der Waals surface area contributed by atoms with Crippen molar-refractivity contribution in [1.82, 2.24) is 0 Å². The summed E-state index contributed by atoms with van der Waals surface area (Å²) < 4.78 is 0. The van der Waals surface area contributed by atoms with E-state index in [4.69, 9.17) is 23.1 Å². The van der Waals surface area contributed by atoms with Gasteiger partial charge in [0.2, 0.25) is 0 Å². The van der Waals surface area contributed by atoms with Gasteiger partial charge in [-0.25, -0.2) is 0 Å². The van der Waals surface area contributed by atoms with E-state index in [1.807, 2.05) is 36.4 Å². The Morgan fingerprint density at radius 1 is 1.19 bits per heavy atom. The third-order valence-electron chi connectivity index (χ3n) is 3.14. The summed E-state index contributed by atoms with van der Waals surface area (Å²) in [5.74, 6) is -0.188. The van der Waals surface area contributed by atoms with Gasteiger partial charge in [-0.05, 0) is 23.8 Å². The maximum Gasteiger partial charge on any atom is 0.194 e. The molecule has 0 radical (unpaired) electrons. The second-order valence-corrected chi connectivity index (χ2v) is 5.46. The Morgan fingerprint density at radius 3 is 2.48 bits per heavy atom. The first kappa shape index (κ1) is 15.1. The molecule has 108 valence electrons. The maximum absolute atomic E-state index is 12.6. The molecular weight excluding hydrogens is 284 g/mol. The number of ketones is 1. The van der Waals surface area contributed by atoms with Crippen LogP contribution in [0.5, 0.6) is 0 Å². The summed E-state index contributed by atoms with van der Waals surface area (Å²) in [5.41, 5.74) is 12.3. The number of benzene rings is 2. The van der Waals surface area contributed by atoms with Crippen LogP contribution in [0.2, 0.25) is 0 Å². The van der Waals surface area contributed by atoms with Crippen molar-refractivity contribution in [3.05, 3.63) is 71.6 Å². The molecule has 2 aromatic rings. The maximum atomic E-state index is 12.6. The summed E-state index contributed by atoms with van der Waals surface area (Å²) in [6.45, 7) is 1.76. The largest absolute Gasteiger partial charge is 0.403 e. The molecule has 0 saturated carbocycles. The lowest BCUT2D eigenvalue weighted by atomic mass is 9.97. The number of halogens is 1. The number of allylic oxidation sites excluding steroid dienone is 2. The first-order valence-corrected chi connectivity index (χ1v) is 7.03. The molecule has 4 heteroatoms. The van der Waals surface area contributed by atoms with Gasteiger partial charge in [0, 0.05) is 22.7 Å². The second-order valence-electron chi connectivity index (χ2n) is 4.77. The number of carbonyl (C=O) groups is 1. The zero-order valence-corrected chi connectivity index (χ0v) is 12.5. The van der Waals surface area contributed by atoms with Crippen molar-refractivity contribution in [3.8, 4) is 0 Å². The molecule has 2 rings (SSSR count). The average Bonchev–Trinajstić information content (AvgIpc) is 2.50. The molecule has 0 bridgehead atoms. The molecule has 0 amide bonds. The van der Waals surface area contributed by atoms with Crippen LogP contribution in [0.4, 0.5) is 0 Å². The quantitative estimate of drug-likeness (QED) is 0.394. The van der Waals surface area contributed by atoms with Crippen LogP contribution in [0, 0.1) is 0 Å². The highest BCUT2D eigenvalue weighted by molar-refractivity contribution is 6.22. The van der Waals surface area contributed by atoms with Gasteiger partial charge in [0.25, 0.3) is 0 Å². The molecule has 1 unspecified atom stereocenters. The van der Waals surface area contributed by atoms with Gasteiger partial charge in [-0.3, -0.25) is 4.79 Å². The molecule has 3 nitrogen and oxygen atoms in total. The van der Waals surface area contributed by atoms with Gasteiger partial charge >= 0.3 is 0 Å². The number of carbonyl (C=O) groups excluding carboxylic acids is 1. The topological polar surface area (TPSA) is 69.1 Å². The summed E-state index contributed by atoms with van der Waals surface area (Å²) >= 11 is 5.95. The molecule has 0 aromatic heterocycles. The van der Waals surface area contributed by atoms with Gasteiger partial charge in [0.15, 0.2) is 5.78 Å². The molecule has 21 heavy (non-hydrogen) atoms. The smallest absolute Gasteiger partial charge is 0.194 e. The van der Waals surface area contributed by atoms with Crippen LogP contribution in [0.1, 0.15) is 17.3 Å². The molecule has 0 spiro atoms. The molecule has 4 N–H and O–H groups in total. The molecule has 0 aliphatic heterocycles. The number of hydrogen-bond donors (Lipinski definition) is 2. The fourth-order valence-corrected chi connectivity index (χ4v) is 2.23. The van der Waals surface area contributed by atoms with E-state index >= 15 is 0 Å². The van der Waals surface area contributed by atoms with Crippen LogP contribution in [0.15, 0.2) is 66.0 Å². The molecule has 0 fully saturated rings. The van der Waals surface area contributed by atoms with Crippen LogP contribution in [0.25, 0.3) is 10.8 Å². The summed E-state index contributed by atoms with van der Waals surface area (Å²) in [6, 6.07) is 13.4. The van der Waals surface area contributed by atoms with E-state index in [1.54, 1.807) is 19.1 Å². The number of nitrogens with two attached hydrogens (primary N) is 2. The van der Waals surface area contributed by atoms with Gasteiger partial charge in [0.1, 0.15) is 0 Å². The summed E-state index contributed by atoms with van der Waals surface area (Å²) in [4.78, 5) is 12.6. The zero-order chi connectivity index (χ0) is 15.4. The van der Waals surface area contributed by atoms with Gasteiger partial charge in [-0.1, -0.05) is 42.5 Å². The lowest BCUT2D eigenvalue weighted by molar-refractivity contribution is 0.103. The van der Waals surface area contributed by atoms with Gasteiger partial charge in [0.05, 0.1) is 5.70 Å². The minimum Gasteiger partial charge on any atom is -0.403 e. The number of hydrogen-bond acceptors (Lipinski definition) is 3. The Labute approximate surface area is 128 Å². The number of alkyl halides is 1. The molecular formula is C17H17ClN2O. The predicted molar refractivity (Wildman–Crippen MR) is 88.1 cm³/mol. The normalized spacial score (nSPS) is 14.2. The summed E-state index contributed by atoms with van der Waals surface area (Å²) in [7, 11) is 0. The Kier molecular flexibility index (Phi) is 4.66. The van der Waals surface area contributed by atoms with Crippen molar-refractivity contribution < 1.29 is 4.79 Å². The third-order valence-corrected chi connectivity index (χ3v) is 3.27. The van der Waals surface area contributed by atoms with Gasteiger partial charge < -0.3 is 11.5 Å². The zero-order valence-electron chi connectivity index (χ0n) is 11.7. The van der Waals surface area contributed by atoms with E-state index in [1.165, 1.54) is 6.20 Å². The van der Waals surface area contributed by atoms with Crippen LogP contribution >= 0.6 is 11.6 Å². The van der Waals surface area contributed by atoms with Crippen molar-refractivity contribution in [2.24, 2.45) is 11.5 Å². The number of rotatable bonds is 4. The van der Waals surface area contributed by atoms with Gasteiger partial charge in [-0.2, -0.15) is 0 Å². The standard InChI is InChI=1S/C17H17ClN2O/c1-11(18)8-15(16(20)10-19)17(21)14-7-6-12-4-2-3-5-13(12)9-14/h2-11H,19-20H2,1H3/b15-8+,16-10+.